The Morgan fingerprint density at radius 2 is 2.06 bits per heavy atom. The number of amides is 1. The van der Waals surface area contributed by atoms with Crippen molar-refractivity contribution >= 4 is 5.91 Å². The first-order chi connectivity index (χ1) is 8.21. The second-order valence-electron chi connectivity index (χ2n) is 4.14. The number of ether oxygens (including phenoxy) is 2. The van der Waals surface area contributed by atoms with Crippen LogP contribution in [-0.2, 0) is 14.3 Å². The van der Waals surface area contributed by atoms with Crippen molar-refractivity contribution in [2.45, 2.75) is 43.4 Å². The molecule has 1 fully saturated rings. The topological polar surface area (TPSA) is 163 Å². The lowest BCUT2D eigenvalue weighted by Gasteiger charge is -2.44. The van der Waals surface area contributed by atoms with Crippen molar-refractivity contribution < 1.29 is 39.8 Å². The zero-order valence-electron chi connectivity index (χ0n) is 9.63. The minimum atomic E-state index is -2.94. The molecule has 1 rings (SSSR count). The second-order valence-corrected chi connectivity index (χ2v) is 4.14. The van der Waals surface area contributed by atoms with Gasteiger partial charge in [-0.1, -0.05) is 0 Å². The molecular formula is C9H17NO8. The van der Waals surface area contributed by atoms with Gasteiger partial charge in [-0.25, -0.2) is 0 Å². The van der Waals surface area contributed by atoms with Gasteiger partial charge in [0.25, 0.3) is 0 Å². The number of aliphatic hydroxyl groups excluding tert-OH is 3. The van der Waals surface area contributed by atoms with Crippen LogP contribution in [0.2, 0.25) is 0 Å². The number of hydrogen-bond acceptors (Lipinski definition) is 8. The number of hydrogen-bond donors (Lipinski definition) is 6. The molecule has 18 heavy (non-hydrogen) atoms. The molecule has 0 aromatic heterocycles. The van der Waals surface area contributed by atoms with Crippen LogP contribution in [-0.4, -0.2) is 74.5 Å². The van der Waals surface area contributed by atoms with E-state index in [1.165, 1.54) is 6.92 Å². The summed E-state index contributed by atoms with van der Waals surface area (Å²) in [5, 5.41) is 46.9. The van der Waals surface area contributed by atoms with E-state index in [4.69, 9.17) is 20.3 Å². The number of aliphatic hydroxyl groups is 5. The first kappa shape index (κ1) is 15.2. The van der Waals surface area contributed by atoms with Crippen molar-refractivity contribution in [3.8, 4) is 0 Å². The molecule has 0 aliphatic carbocycles. The zero-order valence-corrected chi connectivity index (χ0v) is 9.63. The van der Waals surface area contributed by atoms with Crippen molar-refractivity contribution in [1.82, 2.24) is 0 Å². The van der Waals surface area contributed by atoms with Gasteiger partial charge < -0.3 is 40.7 Å². The van der Waals surface area contributed by atoms with Gasteiger partial charge in [0.05, 0.1) is 12.7 Å². The van der Waals surface area contributed by atoms with Gasteiger partial charge in [-0.3, -0.25) is 4.79 Å². The monoisotopic (exact) mass is 267 g/mol. The highest BCUT2D eigenvalue weighted by Crippen LogP contribution is 2.29. The summed E-state index contributed by atoms with van der Waals surface area (Å²) in [6, 6.07) is 0. The molecule has 7 N–H and O–H groups in total. The van der Waals surface area contributed by atoms with Crippen molar-refractivity contribution in [2.75, 3.05) is 6.61 Å². The van der Waals surface area contributed by atoms with Crippen LogP contribution in [0.1, 0.15) is 6.92 Å². The normalized spacial score (nSPS) is 37.2. The van der Waals surface area contributed by atoms with Gasteiger partial charge in [0.15, 0.2) is 6.10 Å². The van der Waals surface area contributed by atoms with E-state index >= 15 is 0 Å². The Balaban J connectivity index is 2.90. The van der Waals surface area contributed by atoms with Crippen LogP contribution in [0, 0.1) is 0 Å². The average Bonchev–Trinajstić information content (AvgIpc) is 2.29. The van der Waals surface area contributed by atoms with Crippen molar-refractivity contribution in [2.24, 2.45) is 5.73 Å². The Hall–Kier alpha value is -0.810. The van der Waals surface area contributed by atoms with E-state index in [1.807, 2.05) is 0 Å². The van der Waals surface area contributed by atoms with E-state index in [2.05, 4.69) is 0 Å². The van der Waals surface area contributed by atoms with Gasteiger partial charge in [-0.15, -0.1) is 0 Å². The number of primary amides is 1. The average molecular weight is 267 g/mol. The summed E-state index contributed by atoms with van der Waals surface area (Å²) in [5.41, 5.74) is 4.93. The van der Waals surface area contributed by atoms with Crippen LogP contribution in [0.5, 0.6) is 0 Å². The molecule has 1 amide bonds. The number of carbonyl (C=O) groups is 1. The van der Waals surface area contributed by atoms with Gasteiger partial charge in [-0.05, 0) is 6.92 Å². The Morgan fingerprint density at radius 1 is 1.50 bits per heavy atom. The highest BCUT2D eigenvalue weighted by atomic mass is 16.7. The molecule has 0 radical (unpaired) electrons. The molecule has 5 atom stereocenters. The lowest BCUT2D eigenvalue weighted by Crippen LogP contribution is -2.69. The summed E-state index contributed by atoms with van der Waals surface area (Å²) in [6.45, 7) is 0.950. The SMILES string of the molecule is CC(CO)OC1OC(C(N)=O)[C@@H](O)C(O)C1(O)O. The fraction of sp³-hybridized carbons (Fsp3) is 0.889. The maximum atomic E-state index is 11.0. The van der Waals surface area contributed by atoms with Gasteiger partial charge in [0.1, 0.15) is 12.2 Å². The number of nitrogens with two attached hydrogens (primary N) is 1. The van der Waals surface area contributed by atoms with E-state index in [-0.39, 0.29) is 0 Å². The van der Waals surface area contributed by atoms with E-state index in [0.717, 1.165) is 0 Å². The summed E-state index contributed by atoms with van der Waals surface area (Å²) in [7, 11) is 0. The molecule has 0 aromatic carbocycles. The Labute approximate surface area is 102 Å². The molecule has 1 heterocycles. The van der Waals surface area contributed by atoms with Gasteiger partial charge in [0.2, 0.25) is 18.0 Å². The van der Waals surface area contributed by atoms with Gasteiger partial charge >= 0.3 is 0 Å². The second kappa shape index (κ2) is 5.45. The lowest BCUT2D eigenvalue weighted by atomic mass is 9.95. The lowest BCUT2D eigenvalue weighted by molar-refractivity contribution is -0.403. The largest absolute Gasteiger partial charge is 0.394 e. The quantitative estimate of drug-likeness (QED) is 0.281. The summed E-state index contributed by atoms with van der Waals surface area (Å²) >= 11 is 0. The highest BCUT2D eigenvalue weighted by molar-refractivity contribution is 5.79. The van der Waals surface area contributed by atoms with E-state index in [9.17, 15) is 25.2 Å². The molecule has 0 bridgehead atoms. The highest BCUT2D eigenvalue weighted by Gasteiger charge is 2.56. The van der Waals surface area contributed by atoms with Crippen LogP contribution < -0.4 is 5.73 Å². The zero-order chi connectivity index (χ0) is 14.1. The van der Waals surface area contributed by atoms with Crippen LogP contribution >= 0.6 is 0 Å². The minimum absolute atomic E-state index is 0.449. The van der Waals surface area contributed by atoms with Crippen LogP contribution in [0.4, 0.5) is 0 Å². The molecule has 1 aliphatic heterocycles. The molecule has 9 heteroatoms. The smallest absolute Gasteiger partial charge is 0.249 e. The van der Waals surface area contributed by atoms with Gasteiger partial charge in [0, 0.05) is 0 Å². The number of carbonyl (C=O) groups excluding carboxylic acids is 1. The van der Waals surface area contributed by atoms with E-state index in [0.29, 0.717) is 0 Å². The molecule has 1 saturated heterocycles. The van der Waals surface area contributed by atoms with Crippen molar-refractivity contribution in [3.63, 3.8) is 0 Å². The Kier molecular flexibility index (Phi) is 4.61. The fourth-order valence-electron chi connectivity index (χ4n) is 1.49. The van der Waals surface area contributed by atoms with E-state index < -0.39 is 49.0 Å². The van der Waals surface area contributed by atoms with Crippen LogP contribution in [0.25, 0.3) is 0 Å². The summed E-state index contributed by atoms with van der Waals surface area (Å²) in [6.07, 6.45) is -8.34. The molecule has 0 saturated carbocycles. The van der Waals surface area contributed by atoms with Crippen LogP contribution in [0.3, 0.4) is 0 Å². The standard InChI is InChI=1S/C9H17NO8/c1-3(2-11)17-8-9(15,16)6(13)4(12)5(18-8)7(10)14/h3-6,8,11-13,15-16H,2H2,1H3,(H2,10,14)/t3?,4-,5?,6?,8?/m1/s1. The summed E-state index contributed by atoms with van der Waals surface area (Å²) in [5.74, 6) is -4.03. The molecule has 9 nitrogen and oxygen atoms in total. The Morgan fingerprint density at radius 3 is 2.50 bits per heavy atom. The minimum Gasteiger partial charge on any atom is -0.394 e. The third kappa shape index (κ3) is 2.78. The first-order valence-electron chi connectivity index (χ1n) is 5.23. The van der Waals surface area contributed by atoms with E-state index in [1.54, 1.807) is 0 Å². The number of rotatable bonds is 4. The maximum Gasteiger partial charge on any atom is 0.249 e. The van der Waals surface area contributed by atoms with Gasteiger partial charge in [-0.2, -0.15) is 0 Å². The summed E-state index contributed by atoms with van der Waals surface area (Å²) in [4.78, 5) is 11.0. The third-order valence-corrected chi connectivity index (χ3v) is 2.58. The van der Waals surface area contributed by atoms with Crippen LogP contribution in [0.15, 0.2) is 0 Å². The fourth-order valence-corrected chi connectivity index (χ4v) is 1.49. The van der Waals surface area contributed by atoms with Crippen molar-refractivity contribution in [1.29, 1.82) is 0 Å². The molecule has 4 unspecified atom stereocenters. The summed E-state index contributed by atoms with van der Waals surface area (Å²) < 4.78 is 9.70. The first-order valence-corrected chi connectivity index (χ1v) is 5.23. The molecule has 106 valence electrons. The third-order valence-electron chi connectivity index (χ3n) is 2.58. The Bertz CT molecular complexity index is 309. The maximum absolute atomic E-state index is 11.0. The molecule has 1 aliphatic rings. The molecule has 0 aromatic rings. The van der Waals surface area contributed by atoms with Crippen molar-refractivity contribution in [3.05, 3.63) is 0 Å². The predicted octanol–water partition coefficient (Wildman–Crippen LogP) is -4.00. The predicted molar refractivity (Wildman–Crippen MR) is 54.7 cm³/mol. The molecule has 0 spiro atoms. The molecular weight excluding hydrogens is 250 g/mol.